The van der Waals surface area contributed by atoms with Crippen LogP contribution in [0.2, 0.25) is 0 Å². The van der Waals surface area contributed by atoms with E-state index in [2.05, 4.69) is 24.1 Å². The molecule has 1 amide bonds. The highest BCUT2D eigenvalue weighted by Crippen LogP contribution is 2.44. The molecular formula is C17H24N2O3S. The fraction of sp³-hybridized carbons (Fsp3) is 0.529. The second kappa shape index (κ2) is 7.84. The third-order valence-corrected chi connectivity index (χ3v) is 5.35. The number of ether oxygens (including phenoxy) is 1. The van der Waals surface area contributed by atoms with Gasteiger partial charge in [-0.15, -0.1) is 11.8 Å². The molecule has 2 rings (SSSR count). The van der Waals surface area contributed by atoms with Crippen LogP contribution < -0.4 is 5.32 Å². The molecule has 0 aliphatic carbocycles. The van der Waals surface area contributed by atoms with Crippen molar-refractivity contribution >= 4 is 29.3 Å². The van der Waals surface area contributed by atoms with Gasteiger partial charge in [0.05, 0.1) is 12.1 Å². The molecule has 0 saturated heterocycles. The quantitative estimate of drug-likeness (QED) is 0.776. The largest absolute Gasteiger partial charge is 0.464 e. The normalized spacial score (nSPS) is 20.1. The lowest BCUT2D eigenvalue weighted by molar-refractivity contribution is -0.145. The molecular weight excluding hydrogens is 312 g/mol. The number of nitrogens with zero attached hydrogens (tertiary/aromatic N) is 1. The number of likely N-dealkylation sites (N-methyl/N-ethyl adjacent to an activating group) is 1. The minimum absolute atomic E-state index is 0.0656. The second-order valence-corrected chi connectivity index (χ2v) is 7.25. The maximum atomic E-state index is 12.3. The number of esters is 1. The van der Waals surface area contributed by atoms with Gasteiger partial charge < -0.3 is 15.0 Å². The minimum Gasteiger partial charge on any atom is -0.464 e. The Balaban J connectivity index is 1.91. The molecule has 1 aliphatic heterocycles. The Bertz CT molecular complexity index is 575. The van der Waals surface area contributed by atoms with Crippen molar-refractivity contribution in [2.24, 2.45) is 0 Å². The second-order valence-electron chi connectivity index (χ2n) is 5.71. The van der Waals surface area contributed by atoms with Crippen LogP contribution in [-0.2, 0) is 14.3 Å². The van der Waals surface area contributed by atoms with E-state index < -0.39 is 4.75 Å². The number of thioether (sulfide) groups is 1. The maximum absolute atomic E-state index is 12.3. The van der Waals surface area contributed by atoms with Gasteiger partial charge in [0.2, 0.25) is 5.91 Å². The summed E-state index contributed by atoms with van der Waals surface area (Å²) in [5, 5.41) is 2.87. The molecule has 0 radical (unpaired) electrons. The highest BCUT2D eigenvalue weighted by Gasteiger charge is 2.41. The molecule has 0 spiro atoms. The van der Waals surface area contributed by atoms with Gasteiger partial charge in [0.25, 0.3) is 0 Å². The van der Waals surface area contributed by atoms with E-state index in [1.807, 2.05) is 24.3 Å². The molecule has 0 fully saturated rings. The Morgan fingerprint density at radius 1 is 1.30 bits per heavy atom. The molecule has 5 nitrogen and oxygen atoms in total. The fourth-order valence-corrected chi connectivity index (χ4v) is 3.67. The first-order valence-electron chi connectivity index (χ1n) is 7.96. The predicted molar refractivity (Wildman–Crippen MR) is 92.7 cm³/mol. The number of anilines is 1. The molecule has 23 heavy (non-hydrogen) atoms. The molecule has 1 heterocycles. The van der Waals surface area contributed by atoms with E-state index in [1.54, 1.807) is 6.92 Å². The molecule has 1 aliphatic rings. The predicted octanol–water partition coefficient (Wildman–Crippen LogP) is 2.76. The lowest BCUT2D eigenvalue weighted by Crippen LogP contribution is -2.42. The Morgan fingerprint density at radius 3 is 2.70 bits per heavy atom. The van der Waals surface area contributed by atoms with Crippen LogP contribution in [0.1, 0.15) is 27.2 Å². The fourth-order valence-electron chi connectivity index (χ4n) is 2.47. The van der Waals surface area contributed by atoms with Gasteiger partial charge >= 0.3 is 5.97 Å². The summed E-state index contributed by atoms with van der Waals surface area (Å²) < 4.78 is 4.47. The number of para-hydroxylation sites is 1. The molecule has 6 heteroatoms. The smallest absolute Gasteiger partial charge is 0.307 e. The highest BCUT2D eigenvalue weighted by atomic mass is 32.2. The topological polar surface area (TPSA) is 58.6 Å². The highest BCUT2D eigenvalue weighted by molar-refractivity contribution is 8.01. The monoisotopic (exact) mass is 336 g/mol. The lowest BCUT2D eigenvalue weighted by atomic mass is 10.1. The molecule has 1 aromatic rings. The molecule has 0 aromatic heterocycles. The first-order chi connectivity index (χ1) is 11.0. The molecule has 0 saturated carbocycles. The SMILES string of the molecule is CCN(CC)CCOC(=O)C[C@]1(C)Sc2ccccc2NC1=O. The van der Waals surface area contributed by atoms with E-state index in [-0.39, 0.29) is 18.3 Å². The van der Waals surface area contributed by atoms with Crippen molar-refractivity contribution in [3.8, 4) is 0 Å². The van der Waals surface area contributed by atoms with E-state index in [0.29, 0.717) is 6.61 Å². The number of fused-ring (bicyclic) bond motifs is 1. The van der Waals surface area contributed by atoms with Crippen molar-refractivity contribution in [2.45, 2.75) is 36.8 Å². The summed E-state index contributed by atoms with van der Waals surface area (Å²) in [7, 11) is 0. The van der Waals surface area contributed by atoms with Gasteiger partial charge in [-0.3, -0.25) is 9.59 Å². The van der Waals surface area contributed by atoms with Crippen LogP contribution in [0.4, 0.5) is 5.69 Å². The summed E-state index contributed by atoms with van der Waals surface area (Å²) in [6.45, 7) is 8.88. The van der Waals surface area contributed by atoms with E-state index in [1.165, 1.54) is 11.8 Å². The zero-order valence-corrected chi connectivity index (χ0v) is 14.7. The number of carbonyl (C=O) groups excluding carboxylic acids is 2. The van der Waals surface area contributed by atoms with Gasteiger partial charge in [-0.1, -0.05) is 26.0 Å². The third-order valence-electron chi connectivity index (χ3n) is 4.00. The maximum Gasteiger partial charge on any atom is 0.307 e. The van der Waals surface area contributed by atoms with Gasteiger partial charge in [-0.2, -0.15) is 0 Å². The van der Waals surface area contributed by atoms with Crippen LogP contribution in [0, 0.1) is 0 Å². The first kappa shape index (κ1) is 17.8. The van der Waals surface area contributed by atoms with Crippen LogP contribution in [-0.4, -0.2) is 47.8 Å². The van der Waals surface area contributed by atoms with Crippen LogP contribution in [0.15, 0.2) is 29.2 Å². The molecule has 0 bridgehead atoms. The van der Waals surface area contributed by atoms with Gasteiger partial charge in [-0.25, -0.2) is 0 Å². The number of benzene rings is 1. The summed E-state index contributed by atoms with van der Waals surface area (Å²) in [5.74, 6) is -0.483. The summed E-state index contributed by atoms with van der Waals surface area (Å²) in [4.78, 5) is 27.6. The summed E-state index contributed by atoms with van der Waals surface area (Å²) in [6.07, 6.45) is 0.0656. The molecule has 1 N–H and O–H groups in total. The van der Waals surface area contributed by atoms with Crippen molar-refractivity contribution in [1.29, 1.82) is 0 Å². The minimum atomic E-state index is -0.833. The number of hydrogen-bond donors (Lipinski definition) is 1. The van der Waals surface area contributed by atoms with Crippen molar-refractivity contribution in [2.75, 3.05) is 31.6 Å². The number of amides is 1. The van der Waals surface area contributed by atoms with Gasteiger partial charge in [0.1, 0.15) is 11.4 Å². The number of nitrogens with one attached hydrogen (secondary N) is 1. The van der Waals surface area contributed by atoms with Gasteiger partial charge in [0, 0.05) is 11.4 Å². The average molecular weight is 336 g/mol. The molecule has 0 unspecified atom stereocenters. The zero-order valence-electron chi connectivity index (χ0n) is 13.9. The van der Waals surface area contributed by atoms with E-state index in [0.717, 1.165) is 30.2 Å². The Morgan fingerprint density at radius 2 is 2.00 bits per heavy atom. The Kier molecular flexibility index (Phi) is 6.07. The van der Waals surface area contributed by atoms with E-state index >= 15 is 0 Å². The van der Waals surface area contributed by atoms with Crippen LogP contribution in [0.25, 0.3) is 0 Å². The Labute approximate surface area is 141 Å². The number of hydrogen-bond acceptors (Lipinski definition) is 5. The van der Waals surface area contributed by atoms with Crippen molar-refractivity contribution in [3.63, 3.8) is 0 Å². The lowest BCUT2D eigenvalue weighted by Gasteiger charge is -2.32. The first-order valence-corrected chi connectivity index (χ1v) is 8.77. The van der Waals surface area contributed by atoms with Crippen LogP contribution >= 0.6 is 11.8 Å². The number of carbonyl (C=O) groups is 2. The molecule has 1 aromatic carbocycles. The number of rotatable bonds is 7. The van der Waals surface area contributed by atoms with Crippen LogP contribution in [0.3, 0.4) is 0 Å². The van der Waals surface area contributed by atoms with Crippen molar-refractivity contribution in [1.82, 2.24) is 4.90 Å². The summed E-state index contributed by atoms with van der Waals surface area (Å²) in [6, 6.07) is 7.61. The van der Waals surface area contributed by atoms with Crippen molar-refractivity contribution in [3.05, 3.63) is 24.3 Å². The van der Waals surface area contributed by atoms with Crippen molar-refractivity contribution < 1.29 is 14.3 Å². The van der Waals surface area contributed by atoms with Crippen LogP contribution in [0.5, 0.6) is 0 Å². The molecule has 1 atom stereocenters. The van der Waals surface area contributed by atoms with E-state index in [4.69, 9.17) is 4.74 Å². The summed E-state index contributed by atoms with van der Waals surface area (Å²) >= 11 is 1.42. The van der Waals surface area contributed by atoms with Gasteiger partial charge in [0.15, 0.2) is 0 Å². The zero-order chi connectivity index (χ0) is 16.9. The summed E-state index contributed by atoms with van der Waals surface area (Å²) in [5.41, 5.74) is 0.801. The van der Waals surface area contributed by atoms with Gasteiger partial charge in [-0.05, 0) is 32.1 Å². The van der Waals surface area contributed by atoms with E-state index in [9.17, 15) is 9.59 Å². The Hall–Kier alpha value is -1.53. The third kappa shape index (κ3) is 4.48. The average Bonchev–Trinajstić information content (AvgIpc) is 2.52. The standard InChI is InChI=1S/C17H24N2O3S/c1-4-19(5-2)10-11-22-15(20)12-17(3)16(21)18-13-8-6-7-9-14(13)23-17/h6-9H,4-5,10-12H2,1-3H3,(H,18,21)/t17-/m0/s1. The molecule has 126 valence electrons.